The number of hydrogen-bond donors (Lipinski definition) is 2. The second-order valence-corrected chi connectivity index (χ2v) is 5.80. The number of nitrogens with one attached hydrogen (secondary N) is 1. The maximum absolute atomic E-state index is 12.3. The predicted molar refractivity (Wildman–Crippen MR) is 92.1 cm³/mol. The van der Waals surface area contributed by atoms with Crippen molar-refractivity contribution in [2.45, 2.75) is 13.0 Å². The van der Waals surface area contributed by atoms with Gasteiger partial charge < -0.3 is 25.3 Å². The largest absolute Gasteiger partial charge is 0.496 e. The summed E-state index contributed by atoms with van der Waals surface area (Å²) in [4.78, 5) is 16.5. The lowest BCUT2D eigenvalue weighted by molar-refractivity contribution is 0.0946. The Balaban J connectivity index is 2.13. The summed E-state index contributed by atoms with van der Waals surface area (Å²) in [5, 5.41) is 5.41. The van der Waals surface area contributed by atoms with E-state index in [0.717, 1.165) is 10.6 Å². The van der Waals surface area contributed by atoms with Gasteiger partial charge in [-0.3, -0.25) is 4.79 Å². The molecule has 0 bridgehead atoms. The van der Waals surface area contributed by atoms with Crippen molar-refractivity contribution in [1.82, 2.24) is 10.3 Å². The van der Waals surface area contributed by atoms with Crippen molar-refractivity contribution in [3.8, 4) is 17.2 Å². The van der Waals surface area contributed by atoms with Crippen molar-refractivity contribution < 1.29 is 19.0 Å². The molecule has 7 nitrogen and oxygen atoms in total. The monoisotopic (exact) mass is 351 g/mol. The van der Waals surface area contributed by atoms with Crippen molar-refractivity contribution in [1.29, 1.82) is 0 Å². The number of carbonyl (C=O) groups excluding carboxylic acids is 1. The average Bonchev–Trinajstić information content (AvgIpc) is 3.07. The zero-order chi connectivity index (χ0) is 17.5. The highest BCUT2D eigenvalue weighted by Gasteiger charge is 2.16. The lowest BCUT2D eigenvalue weighted by Gasteiger charge is -2.15. The van der Waals surface area contributed by atoms with E-state index in [1.54, 1.807) is 38.8 Å². The van der Waals surface area contributed by atoms with Crippen molar-refractivity contribution >= 4 is 17.2 Å². The number of methoxy groups -OCH3 is 3. The van der Waals surface area contributed by atoms with Gasteiger partial charge >= 0.3 is 0 Å². The number of carbonyl (C=O) groups is 1. The van der Waals surface area contributed by atoms with E-state index in [0.29, 0.717) is 35.9 Å². The molecule has 1 aromatic heterocycles. The Morgan fingerprint density at radius 3 is 2.42 bits per heavy atom. The van der Waals surface area contributed by atoms with E-state index in [9.17, 15) is 4.79 Å². The van der Waals surface area contributed by atoms with Crippen LogP contribution in [0, 0.1) is 0 Å². The minimum absolute atomic E-state index is 0.249. The molecule has 0 aliphatic rings. The third kappa shape index (κ3) is 4.15. The Labute approximate surface area is 144 Å². The number of benzene rings is 1. The number of hydrogen-bond acceptors (Lipinski definition) is 7. The van der Waals surface area contributed by atoms with E-state index < -0.39 is 0 Å². The fraction of sp³-hybridized carbons (Fsp3) is 0.375. The molecule has 0 atom stereocenters. The van der Waals surface area contributed by atoms with Gasteiger partial charge in [0.2, 0.25) is 0 Å². The van der Waals surface area contributed by atoms with Crippen LogP contribution in [0.3, 0.4) is 0 Å². The summed E-state index contributed by atoms with van der Waals surface area (Å²) in [6.45, 7) is 0.758. The van der Waals surface area contributed by atoms with Crippen LogP contribution in [0.4, 0.5) is 0 Å². The predicted octanol–water partition coefficient (Wildman–Crippen LogP) is 1.60. The van der Waals surface area contributed by atoms with Crippen LogP contribution in [0.1, 0.15) is 21.1 Å². The third-order valence-corrected chi connectivity index (χ3v) is 4.29. The SMILES string of the molecule is COc1cc(OC)c(CNC(=O)c2csc(CCN)n2)c(OC)c1. The van der Waals surface area contributed by atoms with Crippen LogP contribution in [0.25, 0.3) is 0 Å². The first-order valence-corrected chi connectivity index (χ1v) is 8.22. The molecule has 0 aliphatic carbocycles. The molecule has 0 unspecified atom stereocenters. The van der Waals surface area contributed by atoms with Crippen LogP contribution in [-0.4, -0.2) is 38.8 Å². The summed E-state index contributed by atoms with van der Waals surface area (Å²) in [6.07, 6.45) is 0.665. The van der Waals surface area contributed by atoms with E-state index in [2.05, 4.69) is 10.3 Å². The molecule has 0 spiro atoms. The van der Waals surface area contributed by atoms with Gasteiger partial charge in [-0.15, -0.1) is 11.3 Å². The molecule has 1 amide bonds. The van der Waals surface area contributed by atoms with Gasteiger partial charge in [0.05, 0.1) is 38.4 Å². The van der Waals surface area contributed by atoms with Gasteiger partial charge in [0.1, 0.15) is 22.9 Å². The molecule has 8 heteroatoms. The summed E-state index contributed by atoms with van der Waals surface area (Å²) >= 11 is 1.43. The summed E-state index contributed by atoms with van der Waals surface area (Å²) in [5.41, 5.74) is 6.61. The Bertz CT molecular complexity index is 677. The van der Waals surface area contributed by atoms with Crippen molar-refractivity contribution in [3.63, 3.8) is 0 Å². The molecule has 130 valence electrons. The third-order valence-electron chi connectivity index (χ3n) is 3.39. The van der Waals surface area contributed by atoms with Crippen molar-refractivity contribution in [2.24, 2.45) is 5.73 Å². The minimum Gasteiger partial charge on any atom is -0.496 e. The molecule has 0 saturated heterocycles. The number of thiazole rings is 1. The minimum atomic E-state index is -0.255. The van der Waals surface area contributed by atoms with Crippen LogP contribution >= 0.6 is 11.3 Å². The first-order chi connectivity index (χ1) is 11.6. The van der Waals surface area contributed by atoms with E-state index in [1.807, 2.05) is 0 Å². The summed E-state index contributed by atoms with van der Waals surface area (Å²) in [7, 11) is 4.68. The van der Waals surface area contributed by atoms with E-state index in [-0.39, 0.29) is 12.5 Å². The number of nitrogens with two attached hydrogens (primary N) is 1. The van der Waals surface area contributed by atoms with Crippen LogP contribution < -0.4 is 25.3 Å². The first-order valence-electron chi connectivity index (χ1n) is 7.34. The molecular formula is C16H21N3O4S. The Hall–Kier alpha value is -2.32. The molecule has 0 aliphatic heterocycles. The second kappa shape index (κ2) is 8.51. The standard InChI is InChI=1S/C16H21N3O4S/c1-21-10-6-13(22-2)11(14(7-10)23-3)8-18-16(20)12-9-24-15(19-12)4-5-17/h6-7,9H,4-5,8,17H2,1-3H3,(H,18,20). The topological polar surface area (TPSA) is 95.7 Å². The molecule has 0 saturated carbocycles. The van der Waals surface area contributed by atoms with Gasteiger partial charge in [-0.2, -0.15) is 0 Å². The number of nitrogens with zero attached hydrogens (tertiary/aromatic N) is 1. The number of rotatable bonds is 8. The Morgan fingerprint density at radius 2 is 1.88 bits per heavy atom. The molecule has 2 rings (SSSR count). The molecular weight excluding hydrogens is 330 g/mol. The smallest absolute Gasteiger partial charge is 0.271 e. The highest BCUT2D eigenvalue weighted by atomic mass is 32.1. The first kappa shape index (κ1) is 18.0. The van der Waals surface area contributed by atoms with Crippen molar-refractivity contribution in [3.05, 3.63) is 33.8 Å². The quantitative estimate of drug-likeness (QED) is 0.750. The van der Waals surface area contributed by atoms with Crippen LogP contribution in [0.15, 0.2) is 17.5 Å². The number of amides is 1. The molecule has 0 radical (unpaired) electrons. The molecule has 2 aromatic rings. The van der Waals surface area contributed by atoms with Gasteiger partial charge in [-0.05, 0) is 6.54 Å². The highest BCUT2D eigenvalue weighted by Crippen LogP contribution is 2.33. The number of ether oxygens (including phenoxy) is 3. The Kier molecular flexibility index (Phi) is 6.39. The van der Waals surface area contributed by atoms with Gasteiger partial charge in [-0.25, -0.2) is 4.98 Å². The maximum atomic E-state index is 12.3. The normalized spacial score (nSPS) is 10.3. The average molecular weight is 351 g/mol. The zero-order valence-electron chi connectivity index (χ0n) is 13.9. The zero-order valence-corrected chi connectivity index (χ0v) is 14.7. The van der Waals surface area contributed by atoms with E-state index in [1.165, 1.54) is 11.3 Å². The maximum Gasteiger partial charge on any atom is 0.271 e. The molecule has 1 aromatic carbocycles. The highest BCUT2D eigenvalue weighted by molar-refractivity contribution is 7.09. The lowest BCUT2D eigenvalue weighted by Crippen LogP contribution is -2.23. The summed E-state index contributed by atoms with van der Waals surface area (Å²) in [5.74, 6) is 1.52. The van der Waals surface area contributed by atoms with E-state index >= 15 is 0 Å². The van der Waals surface area contributed by atoms with Crippen molar-refractivity contribution in [2.75, 3.05) is 27.9 Å². The van der Waals surface area contributed by atoms with Gasteiger partial charge in [0.25, 0.3) is 5.91 Å². The fourth-order valence-corrected chi connectivity index (χ4v) is 2.96. The fourth-order valence-electron chi connectivity index (χ4n) is 2.16. The Morgan fingerprint density at radius 1 is 1.21 bits per heavy atom. The van der Waals surface area contributed by atoms with Gasteiger partial charge in [0.15, 0.2) is 0 Å². The summed E-state index contributed by atoms with van der Waals surface area (Å²) in [6, 6.07) is 3.48. The van der Waals surface area contributed by atoms with Crippen LogP contribution in [0.5, 0.6) is 17.2 Å². The lowest BCUT2D eigenvalue weighted by atomic mass is 10.1. The van der Waals surface area contributed by atoms with Crippen LogP contribution in [-0.2, 0) is 13.0 Å². The number of aromatic nitrogens is 1. The van der Waals surface area contributed by atoms with Crippen LogP contribution in [0.2, 0.25) is 0 Å². The second-order valence-electron chi connectivity index (χ2n) is 4.86. The summed E-state index contributed by atoms with van der Waals surface area (Å²) < 4.78 is 15.9. The molecule has 1 heterocycles. The van der Waals surface area contributed by atoms with Gasteiger partial charge in [0, 0.05) is 23.9 Å². The van der Waals surface area contributed by atoms with E-state index in [4.69, 9.17) is 19.9 Å². The molecule has 3 N–H and O–H groups in total. The molecule has 24 heavy (non-hydrogen) atoms. The molecule has 0 fully saturated rings. The van der Waals surface area contributed by atoms with Gasteiger partial charge in [-0.1, -0.05) is 0 Å².